The highest BCUT2D eigenvalue weighted by molar-refractivity contribution is 6.08. The molecule has 0 aromatic heterocycles. The number of benzene rings is 3. The van der Waals surface area contributed by atoms with Crippen LogP contribution in [0.2, 0.25) is 0 Å². The summed E-state index contributed by atoms with van der Waals surface area (Å²) >= 11 is 0. The molecule has 1 unspecified atom stereocenters. The van der Waals surface area contributed by atoms with Crippen LogP contribution in [0.15, 0.2) is 66.7 Å². The van der Waals surface area contributed by atoms with Gasteiger partial charge in [0.2, 0.25) is 0 Å². The summed E-state index contributed by atoms with van der Waals surface area (Å²) in [5.74, 6) is 0.307. The number of hydrogen-bond donors (Lipinski definition) is 0. The molecule has 1 aliphatic carbocycles. The summed E-state index contributed by atoms with van der Waals surface area (Å²) in [6, 6.07) is 23.1. The van der Waals surface area contributed by atoms with Crippen molar-refractivity contribution in [1.29, 1.82) is 0 Å². The van der Waals surface area contributed by atoms with Gasteiger partial charge in [-0.1, -0.05) is 86.5 Å². The molecule has 24 heavy (non-hydrogen) atoms. The molecule has 0 saturated heterocycles. The molecule has 0 spiro atoms. The SMILES string of the molecule is CCCCC1(c2ccc3ccccc3c2)Cc2ccccc2C1=O. The predicted octanol–water partition coefficient (Wildman–Crippen LogP) is 5.71. The quantitative estimate of drug-likeness (QED) is 0.603. The van der Waals surface area contributed by atoms with Crippen molar-refractivity contribution in [2.24, 2.45) is 0 Å². The van der Waals surface area contributed by atoms with Crippen molar-refractivity contribution in [2.75, 3.05) is 0 Å². The first-order valence-electron chi connectivity index (χ1n) is 8.86. The Balaban J connectivity index is 1.86. The lowest BCUT2D eigenvalue weighted by Gasteiger charge is -2.28. The minimum Gasteiger partial charge on any atom is -0.293 e. The Kier molecular flexibility index (Phi) is 3.72. The first kappa shape index (κ1) is 15.1. The number of ketones is 1. The molecule has 120 valence electrons. The fraction of sp³-hybridized carbons (Fsp3) is 0.261. The zero-order valence-electron chi connectivity index (χ0n) is 14.1. The van der Waals surface area contributed by atoms with E-state index < -0.39 is 0 Å². The Labute approximate surface area is 143 Å². The van der Waals surface area contributed by atoms with Crippen LogP contribution < -0.4 is 0 Å². The van der Waals surface area contributed by atoms with Crippen molar-refractivity contribution in [2.45, 2.75) is 38.0 Å². The van der Waals surface area contributed by atoms with Crippen molar-refractivity contribution in [3.05, 3.63) is 83.4 Å². The van der Waals surface area contributed by atoms with Crippen LogP contribution in [0.4, 0.5) is 0 Å². The largest absolute Gasteiger partial charge is 0.293 e. The van der Waals surface area contributed by atoms with E-state index in [-0.39, 0.29) is 5.41 Å². The minimum atomic E-state index is -0.385. The molecular weight excluding hydrogens is 292 g/mol. The van der Waals surface area contributed by atoms with Gasteiger partial charge in [0.1, 0.15) is 0 Å². The van der Waals surface area contributed by atoms with Crippen LogP contribution in [0.3, 0.4) is 0 Å². The third kappa shape index (κ3) is 2.27. The van der Waals surface area contributed by atoms with E-state index in [1.807, 2.05) is 18.2 Å². The maximum absolute atomic E-state index is 13.4. The third-order valence-corrected chi connectivity index (χ3v) is 5.45. The van der Waals surface area contributed by atoms with Crippen molar-refractivity contribution >= 4 is 16.6 Å². The zero-order valence-corrected chi connectivity index (χ0v) is 14.1. The van der Waals surface area contributed by atoms with Crippen LogP contribution in [0.1, 0.15) is 47.7 Å². The molecule has 1 atom stereocenters. The van der Waals surface area contributed by atoms with Gasteiger partial charge in [0.05, 0.1) is 5.41 Å². The highest BCUT2D eigenvalue weighted by atomic mass is 16.1. The van der Waals surface area contributed by atoms with Crippen molar-refractivity contribution in [1.82, 2.24) is 0 Å². The monoisotopic (exact) mass is 314 g/mol. The minimum absolute atomic E-state index is 0.307. The second-order valence-corrected chi connectivity index (χ2v) is 6.91. The average molecular weight is 314 g/mol. The Hall–Kier alpha value is -2.41. The van der Waals surface area contributed by atoms with E-state index in [9.17, 15) is 4.79 Å². The van der Waals surface area contributed by atoms with Gasteiger partial charge in [-0.25, -0.2) is 0 Å². The van der Waals surface area contributed by atoms with E-state index >= 15 is 0 Å². The molecule has 1 heteroatoms. The smallest absolute Gasteiger partial charge is 0.173 e. The molecule has 0 amide bonds. The molecule has 0 aliphatic heterocycles. The van der Waals surface area contributed by atoms with Crippen molar-refractivity contribution in [3.63, 3.8) is 0 Å². The number of fused-ring (bicyclic) bond motifs is 2. The zero-order chi connectivity index (χ0) is 16.6. The van der Waals surface area contributed by atoms with Crippen LogP contribution >= 0.6 is 0 Å². The lowest BCUT2D eigenvalue weighted by molar-refractivity contribution is 0.0892. The van der Waals surface area contributed by atoms with Gasteiger partial charge in [0.25, 0.3) is 0 Å². The van der Waals surface area contributed by atoms with Crippen LogP contribution in [-0.4, -0.2) is 5.78 Å². The molecule has 1 nitrogen and oxygen atoms in total. The second-order valence-electron chi connectivity index (χ2n) is 6.91. The van der Waals surface area contributed by atoms with Gasteiger partial charge in [-0.3, -0.25) is 4.79 Å². The molecule has 0 radical (unpaired) electrons. The van der Waals surface area contributed by atoms with Gasteiger partial charge in [0.15, 0.2) is 5.78 Å². The molecule has 3 aromatic carbocycles. The maximum Gasteiger partial charge on any atom is 0.173 e. The fourth-order valence-corrected chi connectivity index (χ4v) is 4.10. The number of carbonyl (C=O) groups is 1. The highest BCUT2D eigenvalue weighted by Gasteiger charge is 2.45. The number of Topliss-reactive ketones (excluding diaryl/α,β-unsaturated/α-hetero) is 1. The van der Waals surface area contributed by atoms with Crippen molar-refractivity contribution in [3.8, 4) is 0 Å². The van der Waals surface area contributed by atoms with Gasteiger partial charge >= 0.3 is 0 Å². The standard InChI is InChI=1S/C23H22O/c1-2-3-14-23(16-19-10-6-7-11-21(19)22(23)24)20-13-12-17-8-4-5-9-18(17)15-20/h4-13,15H,2-3,14,16H2,1H3. The molecule has 0 fully saturated rings. The lowest BCUT2D eigenvalue weighted by Crippen LogP contribution is -2.33. The predicted molar refractivity (Wildman–Crippen MR) is 99.6 cm³/mol. The van der Waals surface area contributed by atoms with Gasteiger partial charge in [-0.15, -0.1) is 0 Å². The summed E-state index contributed by atoms with van der Waals surface area (Å²) in [7, 11) is 0. The molecule has 1 aliphatic rings. The normalized spacial score (nSPS) is 19.6. The summed E-state index contributed by atoms with van der Waals surface area (Å²) in [4.78, 5) is 13.4. The number of unbranched alkanes of at least 4 members (excludes halogenated alkanes) is 1. The first-order chi connectivity index (χ1) is 11.7. The molecule has 4 rings (SSSR count). The van der Waals surface area contributed by atoms with E-state index in [2.05, 4.69) is 55.5 Å². The molecular formula is C23H22O. The molecule has 0 saturated carbocycles. The summed E-state index contributed by atoms with van der Waals surface area (Å²) in [5, 5.41) is 2.45. The Morgan fingerprint density at radius 3 is 2.46 bits per heavy atom. The summed E-state index contributed by atoms with van der Waals surface area (Å²) < 4.78 is 0. The summed E-state index contributed by atoms with van der Waals surface area (Å²) in [6.45, 7) is 2.20. The lowest BCUT2D eigenvalue weighted by atomic mass is 9.72. The number of hydrogen-bond acceptors (Lipinski definition) is 1. The van der Waals surface area contributed by atoms with E-state index in [4.69, 9.17) is 0 Å². The van der Waals surface area contributed by atoms with E-state index in [1.165, 1.54) is 21.9 Å². The van der Waals surface area contributed by atoms with Gasteiger partial charge in [-0.05, 0) is 34.7 Å². The number of rotatable bonds is 4. The second kappa shape index (κ2) is 5.90. The summed E-state index contributed by atoms with van der Waals surface area (Å²) in [6.07, 6.45) is 3.95. The van der Waals surface area contributed by atoms with Gasteiger partial charge < -0.3 is 0 Å². The molecule has 0 heterocycles. The molecule has 0 bridgehead atoms. The van der Waals surface area contributed by atoms with E-state index in [0.717, 1.165) is 31.2 Å². The Bertz CT molecular complexity index is 909. The molecule has 0 N–H and O–H groups in total. The first-order valence-corrected chi connectivity index (χ1v) is 8.86. The van der Waals surface area contributed by atoms with Crippen LogP contribution in [0.25, 0.3) is 10.8 Å². The topological polar surface area (TPSA) is 17.1 Å². The fourth-order valence-electron chi connectivity index (χ4n) is 4.10. The maximum atomic E-state index is 13.4. The van der Waals surface area contributed by atoms with Gasteiger partial charge in [0, 0.05) is 5.56 Å². The van der Waals surface area contributed by atoms with Crippen molar-refractivity contribution < 1.29 is 4.79 Å². The van der Waals surface area contributed by atoms with Crippen LogP contribution in [0.5, 0.6) is 0 Å². The van der Waals surface area contributed by atoms with E-state index in [1.54, 1.807) is 0 Å². The number of carbonyl (C=O) groups excluding carboxylic acids is 1. The third-order valence-electron chi connectivity index (χ3n) is 5.45. The Morgan fingerprint density at radius 2 is 1.67 bits per heavy atom. The highest BCUT2D eigenvalue weighted by Crippen LogP contribution is 2.44. The molecule has 3 aromatic rings. The van der Waals surface area contributed by atoms with Crippen LogP contribution in [-0.2, 0) is 11.8 Å². The van der Waals surface area contributed by atoms with E-state index in [0.29, 0.717) is 5.78 Å². The Morgan fingerprint density at radius 1 is 0.917 bits per heavy atom. The summed E-state index contributed by atoms with van der Waals surface area (Å²) in [5.41, 5.74) is 2.91. The van der Waals surface area contributed by atoms with Gasteiger partial charge in [-0.2, -0.15) is 0 Å². The average Bonchev–Trinajstić information content (AvgIpc) is 2.93. The van der Waals surface area contributed by atoms with Crippen LogP contribution in [0, 0.1) is 0 Å².